The van der Waals surface area contributed by atoms with Crippen molar-refractivity contribution in [2.45, 2.75) is 0 Å². The lowest BCUT2D eigenvalue weighted by molar-refractivity contribution is 0.415. The first-order valence-electron chi connectivity index (χ1n) is 8.82. The van der Waals surface area contributed by atoms with Gasteiger partial charge >= 0.3 is 0 Å². The number of benzene rings is 3. The van der Waals surface area contributed by atoms with Crippen LogP contribution in [-0.2, 0) is 0 Å². The molecule has 4 aromatic rings. The highest BCUT2D eigenvalue weighted by molar-refractivity contribution is 9.10. The molecule has 0 amide bonds. The van der Waals surface area contributed by atoms with E-state index >= 15 is 0 Å². The first kappa shape index (κ1) is 18.2. The number of ether oxygens (including phenoxy) is 1. The Hall–Kier alpha value is -3.18. The zero-order valence-corrected chi connectivity index (χ0v) is 16.8. The smallest absolute Gasteiger partial charge is 0.147 e. The first-order chi connectivity index (χ1) is 13.7. The van der Waals surface area contributed by atoms with Gasteiger partial charge in [-0.1, -0.05) is 46.3 Å². The molecule has 5 heteroatoms. The van der Waals surface area contributed by atoms with Crippen LogP contribution in [0.5, 0.6) is 5.75 Å². The Kier molecular flexibility index (Phi) is 5.35. The molecule has 4 nitrogen and oxygen atoms in total. The number of aromatic nitrogens is 1. The average Bonchev–Trinajstić information content (AvgIpc) is 2.74. The second-order valence-corrected chi connectivity index (χ2v) is 7.14. The lowest BCUT2D eigenvalue weighted by atomic mass is 10.0. The highest BCUT2D eigenvalue weighted by Crippen LogP contribution is 2.32. The number of pyridine rings is 1. The van der Waals surface area contributed by atoms with Crippen LogP contribution in [0.15, 0.2) is 88.4 Å². The van der Waals surface area contributed by atoms with Gasteiger partial charge in [0.15, 0.2) is 0 Å². The van der Waals surface area contributed by atoms with E-state index in [9.17, 15) is 0 Å². The normalized spacial score (nSPS) is 11.1. The molecule has 0 aliphatic heterocycles. The van der Waals surface area contributed by atoms with E-state index in [1.54, 1.807) is 13.3 Å². The maximum absolute atomic E-state index is 5.17. The number of rotatable bonds is 5. The summed E-state index contributed by atoms with van der Waals surface area (Å²) in [5.41, 5.74) is 7.18. The number of hydrogen-bond acceptors (Lipinski definition) is 4. The second kappa shape index (κ2) is 8.23. The molecule has 0 spiro atoms. The van der Waals surface area contributed by atoms with E-state index in [-0.39, 0.29) is 0 Å². The van der Waals surface area contributed by atoms with E-state index in [1.165, 1.54) is 0 Å². The van der Waals surface area contributed by atoms with Crippen LogP contribution in [0.1, 0.15) is 5.56 Å². The minimum absolute atomic E-state index is 0.693. The van der Waals surface area contributed by atoms with Crippen LogP contribution < -0.4 is 10.2 Å². The van der Waals surface area contributed by atoms with Gasteiger partial charge in [0.05, 0.1) is 18.8 Å². The summed E-state index contributed by atoms with van der Waals surface area (Å²) in [4.78, 5) is 4.70. The highest BCUT2D eigenvalue weighted by Gasteiger charge is 2.08. The molecule has 28 heavy (non-hydrogen) atoms. The van der Waals surface area contributed by atoms with Crippen LogP contribution in [-0.4, -0.2) is 18.3 Å². The van der Waals surface area contributed by atoms with Crippen molar-refractivity contribution in [3.63, 3.8) is 0 Å². The summed E-state index contributed by atoms with van der Waals surface area (Å²) in [6, 6.07) is 26.1. The summed E-state index contributed by atoms with van der Waals surface area (Å²) in [7, 11) is 1.65. The monoisotopic (exact) mass is 431 g/mol. The zero-order valence-electron chi connectivity index (χ0n) is 15.3. The Morgan fingerprint density at radius 2 is 1.75 bits per heavy atom. The Balaban J connectivity index is 1.67. The van der Waals surface area contributed by atoms with Crippen molar-refractivity contribution in [3.05, 3.63) is 88.9 Å². The van der Waals surface area contributed by atoms with Gasteiger partial charge in [-0.25, -0.2) is 4.98 Å². The van der Waals surface area contributed by atoms with Crippen molar-refractivity contribution in [2.24, 2.45) is 5.10 Å². The predicted molar refractivity (Wildman–Crippen MR) is 119 cm³/mol. The van der Waals surface area contributed by atoms with Gasteiger partial charge in [-0.2, -0.15) is 5.10 Å². The fourth-order valence-corrected chi connectivity index (χ4v) is 3.34. The molecule has 0 radical (unpaired) electrons. The van der Waals surface area contributed by atoms with Crippen LogP contribution in [0.3, 0.4) is 0 Å². The standard InChI is InChI=1S/C23H18BrN3O/c1-28-19-10-7-16(8-11-19)15-25-27-23-14-20(17-5-3-2-4-6-17)21-13-18(24)9-12-22(21)26-23/h2-15H,1H3,(H,26,27). The molecule has 0 bridgehead atoms. The minimum Gasteiger partial charge on any atom is -0.497 e. The average molecular weight is 432 g/mol. The summed E-state index contributed by atoms with van der Waals surface area (Å²) < 4.78 is 6.20. The number of hydrazone groups is 1. The third-order valence-corrected chi connectivity index (χ3v) is 4.86. The Morgan fingerprint density at radius 3 is 2.50 bits per heavy atom. The lowest BCUT2D eigenvalue weighted by Crippen LogP contribution is -1.96. The molecule has 1 aromatic heterocycles. The third kappa shape index (κ3) is 4.05. The number of anilines is 1. The van der Waals surface area contributed by atoms with Gasteiger partial charge in [-0.3, -0.25) is 5.43 Å². The third-order valence-electron chi connectivity index (χ3n) is 4.36. The largest absolute Gasteiger partial charge is 0.497 e. The summed E-state index contributed by atoms with van der Waals surface area (Å²) in [6.07, 6.45) is 1.76. The van der Waals surface area contributed by atoms with Crippen LogP contribution in [0.2, 0.25) is 0 Å². The van der Waals surface area contributed by atoms with Gasteiger partial charge in [-0.05, 0) is 65.2 Å². The molecule has 0 fully saturated rings. The Morgan fingerprint density at radius 1 is 0.964 bits per heavy atom. The van der Waals surface area contributed by atoms with Crippen molar-refractivity contribution < 1.29 is 4.74 Å². The number of nitrogens with one attached hydrogen (secondary N) is 1. The van der Waals surface area contributed by atoms with Crippen molar-refractivity contribution in [3.8, 4) is 16.9 Å². The molecule has 0 unspecified atom stereocenters. The van der Waals surface area contributed by atoms with Gasteiger partial charge in [0, 0.05) is 9.86 Å². The van der Waals surface area contributed by atoms with Crippen molar-refractivity contribution in [1.82, 2.24) is 4.98 Å². The van der Waals surface area contributed by atoms with Gasteiger partial charge in [0.25, 0.3) is 0 Å². The van der Waals surface area contributed by atoms with Crippen molar-refractivity contribution in [1.29, 1.82) is 0 Å². The molecule has 0 aliphatic rings. The van der Waals surface area contributed by atoms with Crippen LogP contribution in [0.25, 0.3) is 22.0 Å². The molecule has 1 heterocycles. The first-order valence-corrected chi connectivity index (χ1v) is 9.61. The summed E-state index contributed by atoms with van der Waals surface area (Å²) >= 11 is 3.56. The molecule has 138 valence electrons. The fraction of sp³-hybridized carbons (Fsp3) is 0.0435. The molecule has 0 aliphatic carbocycles. The second-order valence-electron chi connectivity index (χ2n) is 6.23. The Labute approximate surface area is 172 Å². The molecular weight excluding hydrogens is 414 g/mol. The summed E-state index contributed by atoms with van der Waals surface area (Å²) in [6.45, 7) is 0. The van der Waals surface area contributed by atoms with Gasteiger partial charge in [0.2, 0.25) is 0 Å². The fourth-order valence-electron chi connectivity index (χ4n) is 2.97. The van der Waals surface area contributed by atoms with E-state index in [1.807, 2.05) is 60.7 Å². The van der Waals surface area contributed by atoms with E-state index in [4.69, 9.17) is 9.72 Å². The number of hydrogen-bond donors (Lipinski definition) is 1. The van der Waals surface area contributed by atoms with E-state index in [0.717, 1.165) is 37.8 Å². The SMILES string of the molecule is COc1ccc(C=NNc2cc(-c3ccccc3)c3cc(Br)ccc3n2)cc1. The molecule has 4 rings (SSSR count). The van der Waals surface area contributed by atoms with Crippen molar-refractivity contribution >= 4 is 38.9 Å². The quantitative estimate of drug-likeness (QED) is 0.305. The van der Waals surface area contributed by atoms with E-state index in [0.29, 0.717) is 5.82 Å². The summed E-state index contributed by atoms with van der Waals surface area (Å²) in [5.74, 6) is 1.51. The van der Waals surface area contributed by atoms with E-state index in [2.05, 4.69) is 44.7 Å². The molecule has 1 N–H and O–H groups in total. The lowest BCUT2D eigenvalue weighted by Gasteiger charge is -2.10. The number of halogens is 1. The molecule has 0 saturated carbocycles. The molecule has 0 atom stereocenters. The molecule has 3 aromatic carbocycles. The van der Waals surface area contributed by atoms with Crippen LogP contribution >= 0.6 is 15.9 Å². The maximum atomic E-state index is 5.17. The predicted octanol–water partition coefficient (Wildman–Crippen LogP) is 6.12. The van der Waals surface area contributed by atoms with Crippen molar-refractivity contribution in [2.75, 3.05) is 12.5 Å². The topological polar surface area (TPSA) is 46.5 Å². The highest BCUT2D eigenvalue weighted by atomic mass is 79.9. The van der Waals surface area contributed by atoms with E-state index < -0.39 is 0 Å². The minimum atomic E-state index is 0.693. The van der Waals surface area contributed by atoms with Crippen LogP contribution in [0, 0.1) is 0 Å². The van der Waals surface area contributed by atoms with Gasteiger partial charge in [0.1, 0.15) is 11.6 Å². The number of fused-ring (bicyclic) bond motifs is 1. The van der Waals surface area contributed by atoms with Crippen LogP contribution in [0.4, 0.5) is 5.82 Å². The number of nitrogens with zero attached hydrogens (tertiary/aromatic N) is 2. The summed E-state index contributed by atoms with van der Waals surface area (Å²) in [5, 5.41) is 5.43. The Bertz CT molecular complexity index is 1130. The molecular formula is C23H18BrN3O. The zero-order chi connectivity index (χ0) is 19.3. The van der Waals surface area contributed by atoms with Gasteiger partial charge < -0.3 is 4.74 Å². The molecule has 0 saturated heterocycles. The number of methoxy groups -OCH3 is 1. The van der Waals surface area contributed by atoms with Gasteiger partial charge in [-0.15, -0.1) is 0 Å². The maximum Gasteiger partial charge on any atom is 0.147 e.